The fraction of sp³-hybridized carbons (Fsp3) is 0.417. The maximum absolute atomic E-state index is 12.0. The number of hydrogen-bond donors (Lipinski definition) is 1. The number of nitrogens with zero attached hydrogens (tertiary/aromatic N) is 2. The molecule has 31 heavy (non-hydrogen) atoms. The Morgan fingerprint density at radius 2 is 2.06 bits per heavy atom. The van der Waals surface area contributed by atoms with Gasteiger partial charge in [0.25, 0.3) is 0 Å². The van der Waals surface area contributed by atoms with Crippen molar-refractivity contribution in [2.75, 3.05) is 13.2 Å². The van der Waals surface area contributed by atoms with Crippen LogP contribution in [0.2, 0.25) is 0 Å². The first-order valence-corrected chi connectivity index (χ1v) is 11.0. The summed E-state index contributed by atoms with van der Waals surface area (Å²) in [6, 6.07) is 14.1. The summed E-state index contributed by atoms with van der Waals surface area (Å²) < 4.78 is 19.6. The molecule has 7 heteroatoms. The summed E-state index contributed by atoms with van der Waals surface area (Å²) in [5, 5.41) is 8.80. The lowest BCUT2D eigenvalue weighted by Gasteiger charge is -2.23. The minimum Gasteiger partial charge on any atom is -0.491 e. The fourth-order valence-corrected chi connectivity index (χ4v) is 4.22. The van der Waals surface area contributed by atoms with Gasteiger partial charge in [0.2, 0.25) is 0 Å². The van der Waals surface area contributed by atoms with Crippen LogP contribution in [0.1, 0.15) is 44.4 Å². The van der Waals surface area contributed by atoms with Crippen LogP contribution < -0.4 is 10.1 Å². The van der Waals surface area contributed by atoms with E-state index in [0.717, 1.165) is 59.3 Å². The van der Waals surface area contributed by atoms with Crippen molar-refractivity contribution < 1.29 is 19.0 Å². The largest absolute Gasteiger partial charge is 0.491 e. The van der Waals surface area contributed by atoms with Crippen molar-refractivity contribution in [1.29, 1.82) is 0 Å². The van der Waals surface area contributed by atoms with E-state index >= 15 is 0 Å². The van der Waals surface area contributed by atoms with E-state index in [-0.39, 0.29) is 18.9 Å². The molecule has 2 atom stereocenters. The molecule has 0 spiro atoms. The lowest BCUT2D eigenvalue weighted by molar-refractivity contribution is -0.0365. The number of fused-ring (bicyclic) bond motifs is 4. The van der Waals surface area contributed by atoms with Gasteiger partial charge in [-0.1, -0.05) is 18.2 Å². The van der Waals surface area contributed by atoms with Crippen molar-refractivity contribution >= 4 is 17.0 Å². The molecule has 5 rings (SSSR count). The number of nitrogens with one attached hydrogen (secondary N) is 1. The zero-order valence-corrected chi connectivity index (χ0v) is 17.7. The standard InChI is InChI=1S/C24H27N3O4/c1-16-10-11-25-24(28)30-15-17-5-4-6-18(13-17)23-20-14-19(31-16)8-9-21(20)27(26-23)22-7-2-3-12-29-22/h4-6,8-9,13-14,16,22H,2-3,7,10-12,15H2,1H3,(H,25,28)/t16-,22?/m1/s1. The molecule has 2 aliphatic heterocycles. The normalized spacial score (nSPS) is 22.2. The number of alkyl carbamates (subject to hydrolysis) is 1. The van der Waals surface area contributed by atoms with E-state index in [1.165, 1.54) is 0 Å². The Morgan fingerprint density at radius 1 is 1.13 bits per heavy atom. The molecule has 0 aliphatic carbocycles. The van der Waals surface area contributed by atoms with Crippen LogP contribution in [0.3, 0.4) is 0 Å². The van der Waals surface area contributed by atoms with Crippen LogP contribution in [0.5, 0.6) is 5.75 Å². The molecule has 1 fully saturated rings. The first-order chi connectivity index (χ1) is 15.2. The number of cyclic esters (lactones) is 1. The second-order valence-corrected chi connectivity index (χ2v) is 8.21. The van der Waals surface area contributed by atoms with Gasteiger partial charge in [-0.15, -0.1) is 0 Å². The Bertz CT molecular complexity index is 1090. The van der Waals surface area contributed by atoms with E-state index < -0.39 is 6.09 Å². The van der Waals surface area contributed by atoms with Crippen LogP contribution in [0, 0.1) is 0 Å². The maximum atomic E-state index is 12.0. The Labute approximate surface area is 181 Å². The number of carbonyl (C=O) groups excluding carboxylic acids is 1. The molecule has 4 bridgehead atoms. The fourth-order valence-electron chi connectivity index (χ4n) is 4.22. The molecule has 1 aromatic heterocycles. The Hall–Kier alpha value is -3.06. The van der Waals surface area contributed by atoms with E-state index in [0.29, 0.717) is 13.0 Å². The van der Waals surface area contributed by atoms with Crippen LogP contribution in [0.25, 0.3) is 22.2 Å². The first kappa shape index (κ1) is 19.9. The molecule has 1 amide bonds. The lowest BCUT2D eigenvalue weighted by Crippen LogP contribution is -2.28. The topological polar surface area (TPSA) is 74.6 Å². The van der Waals surface area contributed by atoms with Gasteiger partial charge in [0.05, 0.1) is 11.6 Å². The summed E-state index contributed by atoms with van der Waals surface area (Å²) in [4.78, 5) is 12.0. The van der Waals surface area contributed by atoms with Crippen molar-refractivity contribution in [3.63, 3.8) is 0 Å². The molecule has 3 heterocycles. The molecular weight excluding hydrogens is 394 g/mol. The van der Waals surface area contributed by atoms with E-state index in [9.17, 15) is 4.79 Å². The highest BCUT2D eigenvalue weighted by molar-refractivity contribution is 5.94. The van der Waals surface area contributed by atoms with E-state index in [4.69, 9.17) is 19.3 Å². The van der Waals surface area contributed by atoms with Crippen molar-refractivity contribution in [3.05, 3.63) is 48.0 Å². The summed E-state index contributed by atoms with van der Waals surface area (Å²) in [5.74, 6) is 0.791. The van der Waals surface area contributed by atoms with Crippen molar-refractivity contribution in [2.24, 2.45) is 0 Å². The number of aromatic nitrogens is 2. The van der Waals surface area contributed by atoms with E-state index in [1.807, 2.05) is 41.9 Å². The highest BCUT2D eigenvalue weighted by atomic mass is 16.5. The SMILES string of the molecule is C[C@@H]1CCNC(=O)OCc2cccc(c2)-c2nn(C3CCCCO3)c3ccc(cc23)O1. The number of ether oxygens (including phenoxy) is 3. The number of hydrogen-bond acceptors (Lipinski definition) is 5. The molecule has 7 nitrogen and oxygen atoms in total. The van der Waals surface area contributed by atoms with Gasteiger partial charge in [-0.25, -0.2) is 9.48 Å². The monoisotopic (exact) mass is 421 g/mol. The third kappa shape index (κ3) is 4.23. The molecule has 162 valence electrons. The van der Waals surface area contributed by atoms with Crippen LogP contribution in [0.15, 0.2) is 42.5 Å². The summed E-state index contributed by atoms with van der Waals surface area (Å²) in [6.45, 7) is 3.46. The minimum absolute atomic E-state index is 0.0518. The van der Waals surface area contributed by atoms with Gasteiger partial charge in [-0.05, 0) is 56.0 Å². The van der Waals surface area contributed by atoms with E-state index in [2.05, 4.69) is 17.4 Å². The molecule has 3 aromatic rings. The van der Waals surface area contributed by atoms with Crippen LogP contribution in [-0.4, -0.2) is 35.1 Å². The maximum Gasteiger partial charge on any atom is 0.407 e. The second kappa shape index (κ2) is 8.59. The number of benzene rings is 2. The van der Waals surface area contributed by atoms with Crippen LogP contribution in [-0.2, 0) is 16.1 Å². The minimum atomic E-state index is -0.422. The Kier molecular flexibility index (Phi) is 5.51. The molecule has 1 N–H and O–H groups in total. The first-order valence-electron chi connectivity index (χ1n) is 11.0. The number of carbonyl (C=O) groups is 1. The van der Waals surface area contributed by atoms with Gasteiger partial charge in [-0.3, -0.25) is 0 Å². The Morgan fingerprint density at radius 3 is 2.94 bits per heavy atom. The van der Waals surface area contributed by atoms with E-state index in [1.54, 1.807) is 0 Å². The van der Waals surface area contributed by atoms with Gasteiger partial charge in [0.1, 0.15) is 18.1 Å². The predicted octanol–water partition coefficient (Wildman–Crippen LogP) is 4.80. The second-order valence-electron chi connectivity index (χ2n) is 8.21. The van der Waals surface area contributed by atoms with Crippen molar-refractivity contribution in [2.45, 2.75) is 51.5 Å². The van der Waals surface area contributed by atoms with Gasteiger partial charge in [-0.2, -0.15) is 5.10 Å². The molecule has 2 aliphatic rings. The molecule has 1 saturated heterocycles. The summed E-state index contributed by atoms with van der Waals surface area (Å²) in [7, 11) is 0. The summed E-state index contributed by atoms with van der Waals surface area (Å²) in [5.41, 5.74) is 3.80. The van der Waals surface area contributed by atoms with Crippen molar-refractivity contribution in [1.82, 2.24) is 15.1 Å². The van der Waals surface area contributed by atoms with Crippen LogP contribution in [0.4, 0.5) is 4.79 Å². The van der Waals surface area contributed by atoms with Gasteiger partial charge in [0.15, 0.2) is 6.23 Å². The predicted molar refractivity (Wildman–Crippen MR) is 117 cm³/mol. The average molecular weight is 421 g/mol. The smallest absolute Gasteiger partial charge is 0.407 e. The quantitative estimate of drug-likeness (QED) is 0.611. The summed E-state index contributed by atoms with van der Waals surface area (Å²) in [6.07, 6.45) is 3.33. The Balaban J connectivity index is 1.63. The molecule has 2 aromatic carbocycles. The molecule has 1 unspecified atom stereocenters. The van der Waals surface area contributed by atoms with Gasteiger partial charge in [0, 0.05) is 30.5 Å². The zero-order valence-electron chi connectivity index (χ0n) is 17.7. The van der Waals surface area contributed by atoms with Crippen LogP contribution >= 0.6 is 0 Å². The number of amides is 1. The van der Waals surface area contributed by atoms with Gasteiger partial charge >= 0.3 is 6.09 Å². The lowest BCUT2D eigenvalue weighted by atomic mass is 10.0. The highest BCUT2D eigenvalue weighted by Crippen LogP contribution is 2.35. The van der Waals surface area contributed by atoms with Gasteiger partial charge < -0.3 is 19.5 Å². The molecule has 0 saturated carbocycles. The van der Waals surface area contributed by atoms with Crippen molar-refractivity contribution in [3.8, 4) is 17.0 Å². The summed E-state index contributed by atoms with van der Waals surface area (Å²) >= 11 is 0. The number of rotatable bonds is 1. The average Bonchev–Trinajstić information content (AvgIpc) is 3.17. The molecular formula is C24H27N3O4. The highest BCUT2D eigenvalue weighted by Gasteiger charge is 2.22. The molecule has 0 radical (unpaired) electrons. The third-order valence-corrected chi connectivity index (χ3v) is 5.83. The zero-order chi connectivity index (χ0) is 21.2. The third-order valence-electron chi connectivity index (χ3n) is 5.83.